The van der Waals surface area contributed by atoms with Gasteiger partial charge in [0.1, 0.15) is 0 Å². The molecule has 0 N–H and O–H groups in total. The molecule has 1 rings (SSSR count). The van der Waals surface area contributed by atoms with E-state index in [1.54, 1.807) is 0 Å². The molecule has 0 bridgehead atoms. The molecule has 0 aliphatic carbocycles. The molecule has 0 aromatic carbocycles. The summed E-state index contributed by atoms with van der Waals surface area (Å²) in [5.74, 6) is -5.09. The van der Waals surface area contributed by atoms with E-state index < -0.39 is 22.9 Å². The number of nitrogens with zero attached hydrogens (tertiary/aromatic N) is 3. The Morgan fingerprint density at radius 1 is 1.27 bits per heavy atom. The Kier molecular flexibility index (Phi) is 2.90. The summed E-state index contributed by atoms with van der Waals surface area (Å²) in [4.78, 5) is 0. The topological polar surface area (TPSA) is 30.7 Å². The van der Waals surface area contributed by atoms with E-state index in [0.29, 0.717) is 0 Å². The number of rotatable bonds is 2. The third-order valence-electron chi connectivity index (χ3n) is 1.63. The maximum Gasteiger partial charge on any atom is 0.459 e. The number of alkyl halides is 5. The normalized spacial score (nSPS) is 13.3. The molecule has 0 saturated heterocycles. The lowest BCUT2D eigenvalue weighted by Gasteiger charge is -2.16. The molecule has 0 aliphatic rings. The quantitative estimate of drug-likeness (QED) is 0.755. The maximum atomic E-state index is 12.7. The molecule has 9 heteroatoms. The van der Waals surface area contributed by atoms with E-state index in [0.717, 1.165) is 4.68 Å². The first-order valence-corrected chi connectivity index (χ1v) is 4.13. The second kappa shape index (κ2) is 3.58. The highest BCUT2D eigenvalue weighted by molar-refractivity contribution is 6.30. The van der Waals surface area contributed by atoms with Crippen LogP contribution in [0.3, 0.4) is 0 Å². The third kappa shape index (κ3) is 1.90. The summed E-state index contributed by atoms with van der Waals surface area (Å²) in [5, 5.41) is 5.00. The molecule has 0 amide bonds. The van der Waals surface area contributed by atoms with Gasteiger partial charge in [-0.2, -0.15) is 22.0 Å². The van der Waals surface area contributed by atoms with E-state index in [2.05, 4.69) is 10.3 Å². The van der Waals surface area contributed by atoms with Crippen LogP contribution in [-0.4, -0.2) is 21.2 Å². The molecule has 15 heavy (non-hydrogen) atoms. The number of aromatic nitrogens is 3. The van der Waals surface area contributed by atoms with Crippen molar-refractivity contribution in [3.63, 3.8) is 0 Å². The van der Waals surface area contributed by atoms with Gasteiger partial charge in [-0.3, -0.25) is 0 Å². The van der Waals surface area contributed by atoms with Gasteiger partial charge in [-0.1, -0.05) is 16.8 Å². The molecular formula is C6H5ClF5N3. The number of hydrogen-bond donors (Lipinski definition) is 0. The predicted molar refractivity (Wildman–Crippen MR) is 40.7 cm³/mol. The van der Waals surface area contributed by atoms with Crippen molar-refractivity contribution in [1.82, 2.24) is 15.0 Å². The van der Waals surface area contributed by atoms with E-state index in [4.69, 9.17) is 11.6 Å². The highest BCUT2D eigenvalue weighted by Gasteiger charge is 2.61. The lowest BCUT2D eigenvalue weighted by atomic mass is 10.2. The van der Waals surface area contributed by atoms with Crippen molar-refractivity contribution in [3.8, 4) is 0 Å². The lowest BCUT2D eigenvalue weighted by Crippen LogP contribution is -2.34. The molecule has 86 valence electrons. The van der Waals surface area contributed by atoms with Crippen LogP contribution in [0, 0.1) is 0 Å². The van der Waals surface area contributed by atoms with Crippen molar-refractivity contribution in [3.05, 3.63) is 10.8 Å². The SMILES string of the molecule is CCn1nnc(C(F)(F)C(F)(F)F)c1Cl. The van der Waals surface area contributed by atoms with Gasteiger partial charge in [0.2, 0.25) is 0 Å². The summed E-state index contributed by atoms with van der Waals surface area (Å²) in [6.07, 6.45) is -5.73. The Morgan fingerprint density at radius 3 is 2.13 bits per heavy atom. The van der Waals surface area contributed by atoms with Crippen LogP contribution in [-0.2, 0) is 12.5 Å². The van der Waals surface area contributed by atoms with Crippen LogP contribution in [0.5, 0.6) is 0 Å². The molecule has 0 aliphatic heterocycles. The highest BCUT2D eigenvalue weighted by atomic mass is 35.5. The van der Waals surface area contributed by atoms with Crippen LogP contribution < -0.4 is 0 Å². The molecule has 0 fully saturated rings. The van der Waals surface area contributed by atoms with Crippen LogP contribution in [0.15, 0.2) is 0 Å². The fourth-order valence-corrected chi connectivity index (χ4v) is 1.14. The smallest absolute Gasteiger partial charge is 0.234 e. The largest absolute Gasteiger partial charge is 0.459 e. The minimum Gasteiger partial charge on any atom is -0.234 e. The van der Waals surface area contributed by atoms with Crippen molar-refractivity contribution in [2.75, 3.05) is 0 Å². The minimum atomic E-state index is -5.73. The molecule has 0 radical (unpaired) electrons. The second-order valence-corrected chi connectivity index (χ2v) is 2.97. The summed E-state index contributed by atoms with van der Waals surface area (Å²) in [6, 6.07) is 0. The zero-order valence-corrected chi connectivity index (χ0v) is 8.07. The minimum absolute atomic E-state index is 0.0553. The van der Waals surface area contributed by atoms with Crippen LogP contribution in [0.1, 0.15) is 12.6 Å². The van der Waals surface area contributed by atoms with E-state index in [1.165, 1.54) is 6.92 Å². The molecule has 1 aromatic rings. The number of halogens is 6. The Balaban J connectivity index is 3.22. The summed E-state index contributed by atoms with van der Waals surface area (Å²) in [6.45, 7) is 1.54. The molecule has 0 saturated carbocycles. The van der Waals surface area contributed by atoms with Gasteiger partial charge in [-0.05, 0) is 6.92 Å². The molecular weight excluding hydrogens is 245 g/mol. The average molecular weight is 250 g/mol. The Hall–Kier alpha value is -0.920. The Morgan fingerprint density at radius 2 is 1.80 bits per heavy atom. The molecule has 1 heterocycles. The van der Waals surface area contributed by atoms with Gasteiger partial charge >= 0.3 is 12.1 Å². The maximum absolute atomic E-state index is 12.7. The Labute approximate surface area is 85.8 Å². The van der Waals surface area contributed by atoms with E-state index in [9.17, 15) is 22.0 Å². The number of hydrogen-bond acceptors (Lipinski definition) is 2. The van der Waals surface area contributed by atoms with E-state index >= 15 is 0 Å². The fourth-order valence-electron chi connectivity index (χ4n) is 0.830. The van der Waals surface area contributed by atoms with Crippen LogP contribution >= 0.6 is 11.6 Å². The van der Waals surface area contributed by atoms with Crippen molar-refractivity contribution >= 4 is 11.6 Å². The summed E-state index contributed by atoms with van der Waals surface area (Å²) < 4.78 is 62.0. The van der Waals surface area contributed by atoms with Gasteiger partial charge in [-0.15, -0.1) is 5.10 Å². The van der Waals surface area contributed by atoms with Crippen LogP contribution in [0.2, 0.25) is 5.15 Å². The van der Waals surface area contributed by atoms with Crippen molar-refractivity contribution in [2.24, 2.45) is 0 Å². The van der Waals surface area contributed by atoms with Crippen LogP contribution in [0.4, 0.5) is 22.0 Å². The first kappa shape index (κ1) is 12.2. The average Bonchev–Trinajstić information content (AvgIpc) is 2.44. The van der Waals surface area contributed by atoms with Gasteiger partial charge in [0.25, 0.3) is 0 Å². The standard InChI is InChI=1S/C6H5ClF5N3/c1-2-15-4(7)3(13-14-15)5(8,9)6(10,11)12/h2H2,1H3. The predicted octanol–water partition coefficient (Wildman–Crippen LogP) is 2.61. The van der Waals surface area contributed by atoms with Crippen molar-refractivity contribution < 1.29 is 22.0 Å². The first-order chi connectivity index (χ1) is 6.71. The molecule has 0 spiro atoms. The van der Waals surface area contributed by atoms with Crippen molar-refractivity contribution in [1.29, 1.82) is 0 Å². The third-order valence-corrected chi connectivity index (χ3v) is 2.00. The number of aryl methyl sites for hydroxylation is 1. The lowest BCUT2D eigenvalue weighted by molar-refractivity contribution is -0.290. The zero-order chi connectivity index (χ0) is 11.9. The summed E-state index contributed by atoms with van der Waals surface area (Å²) in [7, 11) is 0. The molecule has 3 nitrogen and oxygen atoms in total. The molecule has 1 aromatic heterocycles. The summed E-state index contributed by atoms with van der Waals surface area (Å²) >= 11 is 5.27. The van der Waals surface area contributed by atoms with E-state index in [1.807, 2.05) is 0 Å². The summed E-state index contributed by atoms with van der Waals surface area (Å²) in [5.41, 5.74) is -1.57. The highest BCUT2D eigenvalue weighted by Crippen LogP contribution is 2.44. The van der Waals surface area contributed by atoms with Gasteiger partial charge in [0.15, 0.2) is 10.8 Å². The van der Waals surface area contributed by atoms with E-state index in [-0.39, 0.29) is 6.54 Å². The molecule has 0 atom stereocenters. The van der Waals surface area contributed by atoms with Gasteiger partial charge in [0.05, 0.1) is 0 Å². The van der Waals surface area contributed by atoms with Crippen molar-refractivity contribution in [2.45, 2.75) is 25.6 Å². The monoisotopic (exact) mass is 249 g/mol. The zero-order valence-electron chi connectivity index (χ0n) is 7.32. The Bertz CT molecular complexity index is 358. The van der Waals surface area contributed by atoms with Gasteiger partial charge in [-0.25, -0.2) is 4.68 Å². The van der Waals surface area contributed by atoms with Gasteiger partial charge in [0, 0.05) is 6.54 Å². The van der Waals surface area contributed by atoms with Crippen LogP contribution in [0.25, 0.3) is 0 Å². The van der Waals surface area contributed by atoms with Gasteiger partial charge < -0.3 is 0 Å². The fraction of sp³-hybridized carbons (Fsp3) is 0.667. The first-order valence-electron chi connectivity index (χ1n) is 3.75. The molecule has 0 unspecified atom stereocenters. The second-order valence-electron chi connectivity index (χ2n) is 2.62.